The van der Waals surface area contributed by atoms with E-state index in [0.717, 1.165) is 16.0 Å². The van der Waals surface area contributed by atoms with E-state index in [1.165, 1.54) is 23.7 Å². The fourth-order valence-electron chi connectivity index (χ4n) is 1.70. The van der Waals surface area contributed by atoms with Crippen molar-refractivity contribution >= 4 is 32.5 Å². The van der Waals surface area contributed by atoms with Crippen LogP contribution in [-0.4, -0.2) is 22.1 Å². The molecule has 0 saturated heterocycles. The number of hydrogen-bond donors (Lipinski definition) is 1. The summed E-state index contributed by atoms with van der Waals surface area (Å²) in [6.45, 7) is 0. The van der Waals surface area contributed by atoms with E-state index in [1.54, 1.807) is 7.11 Å². The second kappa shape index (κ2) is 5.11. The van der Waals surface area contributed by atoms with Crippen LogP contribution in [0.2, 0.25) is 0 Å². The number of nitrogens with one attached hydrogen (secondary N) is 1. The van der Waals surface area contributed by atoms with Gasteiger partial charge in [0.1, 0.15) is 11.8 Å². The molecule has 0 spiro atoms. The minimum absolute atomic E-state index is 0.240. The van der Waals surface area contributed by atoms with E-state index in [-0.39, 0.29) is 5.69 Å². The van der Waals surface area contributed by atoms with Crippen LogP contribution in [0.15, 0.2) is 30.6 Å². The lowest BCUT2D eigenvalue weighted by Gasteiger charge is -2.01. The molecule has 20 heavy (non-hydrogen) atoms. The molecule has 0 atom stereocenters. The zero-order valence-corrected chi connectivity index (χ0v) is 11.3. The topological polar surface area (TPSA) is 83.7 Å². The summed E-state index contributed by atoms with van der Waals surface area (Å²) in [5.74, 6) is 1.19. The van der Waals surface area contributed by atoms with Crippen LogP contribution in [0.1, 0.15) is 5.69 Å². The van der Waals surface area contributed by atoms with E-state index in [4.69, 9.17) is 10.00 Å². The quantitative estimate of drug-likeness (QED) is 0.795. The Balaban J connectivity index is 1.97. The van der Waals surface area contributed by atoms with Crippen LogP contribution in [0.5, 0.6) is 5.75 Å². The van der Waals surface area contributed by atoms with E-state index in [0.29, 0.717) is 10.9 Å². The Hall–Kier alpha value is -2.72. The molecule has 0 aliphatic rings. The molecule has 3 rings (SSSR count). The Kier molecular flexibility index (Phi) is 3.15. The SMILES string of the molecule is COc1ccc2nc(Nc3nccnc3C#N)sc2c1. The summed E-state index contributed by atoms with van der Waals surface area (Å²) < 4.78 is 6.17. The highest BCUT2D eigenvalue weighted by Crippen LogP contribution is 2.30. The molecule has 0 aliphatic carbocycles. The number of hydrogen-bond acceptors (Lipinski definition) is 7. The third-order valence-corrected chi connectivity index (χ3v) is 3.56. The lowest BCUT2D eigenvalue weighted by molar-refractivity contribution is 0.415. The van der Waals surface area contributed by atoms with Gasteiger partial charge >= 0.3 is 0 Å². The zero-order valence-electron chi connectivity index (χ0n) is 10.5. The second-order valence-corrected chi connectivity index (χ2v) is 4.87. The summed E-state index contributed by atoms with van der Waals surface area (Å²) in [7, 11) is 1.63. The predicted molar refractivity (Wildman–Crippen MR) is 76.2 cm³/mol. The number of thiazole rings is 1. The van der Waals surface area contributed by atoms with Gasteiger partial charge in [0.25, 0.3) is 0 Å². The number of aromatic nitrogens is 3. The van der Waals surface area contributed by atoms with Gasteiger partial charge in [0.15, 0.2) is 16.6 Å². The molecule has 0 bridgehead atoms. The van der Waals surface area contributed by atoms with Crippen LogP contribution in [0.4, 0.5) is 10.9 Å². The van der Waals surface area contributed by atoms with Crippen LogP contribution in [-0.2, 0) is 0 Å². The van der Waals surface area contributed by atoms with E-state index in [1.807, 2.05) is 24.3 Å². The standard InChI is InChI=1S/C13H9N5OS/c1-19-8-2-3-9-11(6-8)20-13(17-9)18-12-10(7-14)15-4-5-16-12/h2-6H,1H3,(H,16,17,18). The molecule has 0 amide bonds. The summed E-state index contributed by atoms with van der Waals surface area (Å²) >= 11 is 1.46. The Bertz CT molecular complexity index is 808. The number of nitriles is 1. The van der Waals surface area contributed by atoms with Crippen LogP contribution >= 0.6 is 11.3 Å². The van der Waals surface area contributed by atoms with E-state index < -0.39 is 0 Å². The van der Waals surface area contributed by atoms with Gasteiger partial charge in [-0.2, -0.15) is 5.26 Å². The van der Waals surface area contributed by atoms with Crippen molar-refractivity contribution in [1.29, 1.82) is 5.26 Å². The van der Waals surface area contributed by atoms with Gasteiger partial charge in [0, 0.05) is 12.4 Å². The maximum absolute atomic E-state index is 8.98. The largest absolute Gasteiger partial charge is 0.497 e. The van der Waals surface area contributed by atoms with Crippen molar-refractivity contribution < 1.29 is 4.74 Å². The van der Waals surface area contributed by atoms with Gasteiger partial charge < -0.3 is 10.1 Å². The molecule has 0 aliphatic heterocycles. The summed E-state index contributed by atoms with van der Waals surface area (Å²) in [6.07, 6.45) is 3.01. The lowest BCUT2D eigenvalue weighted by atomic mass is 10.3. The van der Waals surface area contributed by atoms with Crippen molar-refractivity contribution in [2.24, 2.45) is 0 Å². The number of rotatable bonds is 3. The van der Waals surface area contributed by atoms with Crippen LogP contribution < -0.4 is 10.1 Å². The highest BCUT2D eigenvalue weighted by molar-refractivity contribution is 7.22. The molecule has 0 radical (unpaired) electrons. The number of anilines is 2. The zero-order chi connectivity index (χ0) is 13.9. The highest BCUT2D eigenvalue weighted by Gasteiger charge is 2.09. The fraction of sp³-hybridized carbons (Fsp3) is 0.0769. The number of methoxy groups -OCH3 is 1. The molecule has 2 aromatic heterocycles. The maximum Gasteiger partial charge on any atom is 0.189 e. The van der Waals surface area contributed by atoms with Gasteiger partial charge in [-0.1, -0.05) is 11.3 Å². The van der Waals surface area contributed by atoms with Crippen molar-refractivity contribution in [1.82, 2.24) is 15.0 Å². The van der Waals surface area contributed by atoms with Crippen LogP contribution in [0.3, 0.4) is 0 Å². The summed E-state index contributed by atoms with van der Waals surface area (Å²) in [6, 6.07) is 7.65. The van der Waals surface area contributed by atoms with Crippen molar-refractivity contribution in [2.45, 2.75) is 0 Å². The molecule has 0 unspecified atom stereocenters. The number of fused-ring (bicyclic) bond motifs is 1. The third kappa shape index (κ3) is 2.24. The van der Waals surface area contributed by atoms with Gasteiger partial charge in [0.05, 0.1) is 17.3 Å². The average molecular weight is 283 g/mol. The number of ether oxygens (including phenoxy) is 1. The Morgan fingerprint density at radius 3 is 2.95 bits per heavy atom. The summed E-state index contributed by atoms with van der Waals surface area (Å²) in [5, 5.41) is 12.7. The molecule has 7 heteroatoms. The first kappa shape index (κ1) is 12.3. The van der Waals surface area contributed by atoms with E-state index in [9.17, 15) is 0 Å². The second-order valence-electron chi connectivity index (χ2n) is 3.84. The lowest BCUT2D eigenvalue weighted by Crippen LogP contribution is -1.97. The molecule has 6 nitrogen and oxygen atoms in total. The normalized spacial score (nSPS) is 10.2. The molecule has 98 valence electrons. The minimum Gasteiger partial charge on any atom is -0.497 e. The summed E-state index contributed by atoms with van der Waals surface area (Å²) in [5.41, 5.74) is 1.10. The molecule has 1 aromatic carbocycles. The van der Waals surface area contributed by atoms with Crippen molar-refractivity contribution in [3.8, 4) is 11.8 Å². The Labute approximate surface area is 118 Å². The molecule has 3 aromatic rings. The van der Waals surface area contributed by atoms with E-state index in [2.05, 4.69) is 20.3 Å². The Morgan fingerprint density at radius 2 is 2.15 bits per heavy atom. The van der Waals surface area contributed by atoms with Crippen LogP contribution in [0.25, 0.3) is 10.2 Å². The summed E-state index contributed by atoms with van der Waals surface area (Å²) in [4.78, 5) is 12.5. The van der Waals surface area contributed by atoms with Crippen molar-refractivity contribution in [3.05, 3.63) is 36.3 Å². The van der Waals surface area contributed by atoms with Crippen molar-refractivity contribution in [2.75, 3.05) is 12.4 Å². The molecule has 0 saturated carbocycles. The monoisotopic (exact) mass is 283 g/mol. The number of nitrogens with zero attached hydrogens (tertiary/aromatic N) is 4. The maximum atomic E-state index is 8.98. The van der Waals surface area contributed by atoms with E-state index >= 15 is 0 Å². The smallest absolute Gasteiger partial charge is 0.189 e. The first-order chi connectivity index (χ1) is 9.80. The molecule has 0 fully saturated rings. The van der Waals surface area contributed by atoms with Crippen LogP contribution in [0, 0.1) is 11.3 Å². The molecular formula is C13H9N5OS. The first-order valence-electron chi connectivity index (χ1n) is 5.73. The molecule has 2 heterocycles. The molecule has 1 N–H and O–H groups in total. The first-order valence-corrected chi connectivity index (χ1v) is 6.54. The third-order valence-electron chi connectivity index (χ3n) is 2.63. The predicted octanol–water partition coefficient (Wildman–Crippen LogP) is 2.71. The molecular weight excluding hydrogens is 274 g/mol. The van der Waals surface area contributed by atoms with Gasteiger partial charge in [-0.3, -0.25) is 0 Å². The average Bonchev–Trinajstić information content (AvgIpc) is 2.89. The van der Waals surface area contributed by atoms with Gasteiger partial charge in [-0.15, -0.1) is 0 Å². The van der Waals surface area contributed by atoms with Gasteiger partial charge in [0.2, 0.25) is 0 Å². The van der Waals surface area contributed by atoms with Crippen molar-refractivity contribution in [3.63, 3.8) is 0 Å². The highest BCUT2D eigenvalue weighted by atomic mass is 32.1. The minimum atomic E-state index is 0.240. The number of benzene rings is 1. The Morgan fingerprint density at radius 1 is 1.30 bits per heavy atom. The van der Waals surface area contributed by atoms with Gasteiger partial charge in [-0.05, 0) is 18.2 Å². The van der Waals surface area contributed by atoms with Gasteiger partial charge in [-0.25, -0.2) is 15.0 Å². The fourth-order valence-corrected chi connectivity index (χ4v) is 2.59.